The van der Waals surface area contributed by atoms with Crippen molar-refractivity contribution in [3.63, 3.8) is 0 Å². The molecule has 3 nitrogen and oxygen atoms in total. The number of benzene rings is 2. The van der Waals surface area contributed by atoms with Crippen molar-refractivity contribution in [1.82, 2.24) is 0 Å². The number of ether oxygens (including phenoxy) is 1. The van der Waals surface area contributed by atoms with Gasteiger partial charge in [-0.25, -0.2) is 8.78 Å². The van der Waals surface area contributed by atoms with Crippen molar-refractivity contribution in [3.8, 4) is 5.75 Å². The summed E-state index contributed by atoms with van der Waals surface area (Å²) in [7, 11) is 0. The zero-order chi connectivity index (χ0) is 16.3. The van der Waals surface area contributed by atoms with Gasteiger partial charge in [0.15, 0.2) is 6.61 Å². The average molecular weight is 305 g/mol. The maximum Gasteiger partial charge on any atom is 0.262 e. The number of nitrogens with one attached hydrogen (secondary N) is 1. The Kier molecular flexibility index (Phi) is 4.75. The molecule has 5 heteroatoms. The minimum absolute atomic E-state index is 0.0588. The lowest BCUT2D eigenvalue weighted by atomic mass is 10.1. The number of anilines is 1. The largest absolute Gasteiger partial charge is 0.483 e. The van der Waals surface area contributed by atoms with E-state index in [1.165, 1.54) is 0 Å². The van der Waals surface area contributed by atoms with E-state index < -0.39 is 17.5 Å². The number of aryl methyl sites for hydroxylation is 3. The molecular weight excluding hydrogens is 288 g/mol. The van der Waals surface area contributed by atoms with Crippen molar-refractivity contribution in [2.75, 3.05) is 11.9 Å². The first-order valence-electron chi connectivity index (χ1n) is 6.82. The van der Waals surface area contributed by atoms with E-state index in [0.29, 0.717) is 5.75 Å². The van der Waals surface area contributed by atoms with Crippen molar-refractivity contribution in [1.29, 1.82) is 0 Å². The van der Waals surface area contributed by atoms with Gasteiger partial charge in [-0.05, 0) is 44.0 Å². The molecule has 2 aromatic carbocycles. The molecule has 0 aliphatic carbocycles. The Balaban J connectivity index is 2.01. The van der Waals surface area contributed by atoms with Crippen LogP contribution in [0.25, 0.3) is 0 Å². The molecule has 0 bridgehead atoms. The van der Waals surface area contributed by atoms with Gasteiger partial charge in [0, 0.05) is 11.8 Å². The van der Waals surface area contributed by atoms with E-state index in [1.54, 1.807) is 0 Å². The number of hydrogen-bond donors (Lipinski definition) is 1. The maximum absolute atomic E-state index is 13.1. The fraction of sp³-hybridized carbons (Fsp3) is 0.235. The van der Waals surface area contributed by atoms with E-state index in [2.05, 4.69) is 5.32 Å². The highest BCUT2D eigenvalue weighted by molar-refractivity contribution is 5.91. The summed E-state index contributed by atoms with van der Waals surface area (Å²) in [5, 5.41) is 2.40. The summed E-state index contributed by atoms with van der Waals surface area (Å²) in [6.45, 7) is 5.54. The first-order chi connectivity index (χ1) is 10.3. The molecule has 0 spiro atoms. The lowest BCUT2D eigenvalue weighted by molar-refractivity contribution is -0.118. The van der Waals surface area contributed by atoms with Crippen molar-refractivity contribution in [2.45, 2.75) is 20.8 Å². The minimum atomic E-state index is -0.749. The summed E-state index contributed by atoms with van der Waals surface area (Å²) in [5.41, 5.74) is 3.04. The molecule has 1 amide bonds. The molecule has 116 valence electrons. The van der Waals surface area contributed by atoms with Crippen LogP contribution in [0.4, 0.5) is 14.5 Å². The maximum atomic E-state index is 13.1. The Hall–Kier alpha value is -2.43. The normalized spacial score (nSPS) is 10.4. The number of amides is 1. The molecule has 1 N–H and O–H groups in total. The summed E-state index contributed by atoms with van der Waals surface area (Å²) in [6, 6.07) is 6.75. The topological polar surface area (TPSA) is 38.3 Å². The monoisotopic (exact) mass is 305 g/mol. The van der Waals surface area contributed by atoms with E-state index in [4.69, 9.17) is 4.74 Å². The van der Waals surface area contributed by atoms with E-state index in [-0.39, 0.29) is 12.3 Å². The SMILES string of the molecule is Cc1cc(C)c(OCC(=O)Nc2cc(F)cc(F)c2)c(C)c1. The lowest BCUT2D eigenvalue weighted by Gasteiger charge is -2.13. The Morgan fingerprint density at radius 2 is 1.55 bits per heavy atom. The fourth-order valence-electron chi connectivity index (χ4n) is 2.36. The van der Waals surface area contributed by atoms with Crippen molar-refractivity contribution in [2.24, 2.45) is 0 Å². The lowest BCUT2D eigenvalue weighted by Crippen LogP contribution is -2.21. The summed E-state index contributed by atoms with van der Waals surface area (Å²) in [4.78, 5) is 11.8. The van der Waals surface area contributed by atoms with Crippen LogP contribution in [0.3, 0.4) is 0 Å². The third-order valence-electron chi connectivity index (χ3n) is 3.10. The smallest absolute Gasteiger partial charge is 0.262 e. The molecule has 2 aromatic rings. The van der Waals surface area contributed by atoms with Gasteiger partial charge in [-0.2, -0.15) is 0 Å². The predicted octanol–water partition coefficient (Wildman–Crippen LogP) is 3.91. The molecule has 0 unspecified atom stereocenters. The average Bonchev–Trinajstić information content (AvgIpc) is 2.35. The van der Waals surface area contributed by atoms with Crippen molar-refractivity contribution < 1.29 is 18.3 Å². The van der Waals surface area contributed by atoms with Gasteiger partial charge in [-0.15, -0.1) is 0 Å². The van der Waals surface area contributed by atoms with E-state index in [1.807, 2.05) is 32.9 Å². The van der Waals surface area contributed by atoms with Gasteiger partial charge in [-0.1, -0.05) is 17.7 Å². The van der Waals surface area contributed by atoms with Crippen LogP contribution in [-0.2, 0) is 4.79 Å². The quantitative estimate of drug-likeness (QED) is 0.930. The summed E-state index contributed by atoms with van der Waals surface area (Å²) in [5.74, 6) is -1.33. The Morgan fingerprint density at radius 1 is 1.00 bits per heavy atom. The third-order valence-corrected chi connectivity index (χ3v) is 3.10. The Labute approximate surface area is 127 Å². The highest BCUT2D eigenvalue weighted by Gasteiger charge is 2.09. The fourth-order valence-corrected chi connectivity index (χ4v) is 2.36. The number of halogens is 2. The van der Waals surface area contributed by atoms with Crippen LogP contribution in [0, 0.1) is 32.4 Å². The zero-order valence-corrected chi connectivity index (χ0v) is 12.7. The third kappa shape index (κ3) is 4.04. The Bertz CT molecular complexity index is 671. The predicted molar refractivity (Wildman–Crippen MR) is 81.1 cm³/mol. The standard InChI is InChI=1S/C17H17F2NO2/c1-10-4-11(2)17(12(3)5-10)22-9-16(21)20-15-7-13(18)6-14(19)8-15/h4-8H,9H2,1-3H3,(H,20,21). The summed E-state index contributed by atoms with van der Waals surface area (Å²) >= 11 is 0. The molecule has 0 radical (unpaired) electrons. The number of carbonyl (C=O) groups is 1. The van der Waals surface area contributed by atoms with Crippen LogP contribution in [0.15, 0.2) is 30.3 Å². The van der Waals surface area contributed by atoms with E-state index >= 15 is 0 Å². The van der Waals surface area contributed by atoms with Gasteiger partial charge >= 0.3 is 0 Å². The molecule has 22 heavy (non-hydrogen) atoms. The molecule has 0 aliphatic heterocycles. The van der Waals surface area contributed by atoms with Crippen LogP contribution in [-0.4, -0.2) is 12.5 Å². The number of carbonyl (C=O) groups excluding carboxylic acids is 1. The molecule has 0 saturated heterocycles. The molecule has 2 rings (SSSR count). The van der Waals surface area contributed by atoms with Gasteiger partial charge in [0.05, 0.1) is 0 Å². The summed E-state index contributed by atoms with van der Waals surface area (Å²) < 4.78 is 31.6. The van der Waals surface area contributed by atoms with Crippen LogP contribution in [0.2, 0.25) is 0 Å². The molecule has 0 aliphatic rings. The van der Waals surface area contributed by atoms with E-state index in [0.717, 1.165) is 34.9 Å². The number of rotatable bonds is 4. The van der Waals surface area contributed by atoms with Crippen molar-refractivity contribution in [3.05, 3.63) is 58.7 Å². The second kappa shape index (κ2) is 6.56. The van der Waals surface area contributed by atoms with E-state index in [9.17, 15) is 13.6 Å². The zero-order valence-electron chi connectivity index (χ0n) is 12.7. The van der Waals surface area contributed by atoms with Gasteiger partial charge in [-0.3, -0.25) is 4.79 Å². The summed E-state index contributed by atoms with van der Waals surface area (Å²) in [6.07, 6.45) is 0. The molecule has 0 atom stereocenters. The minimum Gasteiger partial charge on any atom is -0.483 e. The first-order valence-corrected chi connectivity index (χ1v) is 6.82. The van der Waals surface area contributed by atoms with Gasteiger partial charge in [0.2, 0.25) is 0 Å². The highest BCUT2D eigenvalue weighted by atomic mass is 19.1. The van der Waals surface area contributed by atoms with Crippen LogP contribution < -0.4 is 10.1 Å². The van der Waals surface area contributed by atoms with Crippen LogP contribution in [0.5, 0.6) is 5.75 Å². The Morgan fingerprint density at radius 3 is 2.09 bits per heavy atom. The highest BCUT2D eigenvalue weighted by Crippen LogP contribution is 2.24. The molecule has 0 saturated carbocycles. The molecular formula is C17H17F2NO2. The molecule has 0 heterocycles. The molecule has 0 aromatic heterocycles. The molecule has 0 fully saturated rings. The van der Waals surface area contributed by atoms with Crippen molar-refractivity contribution >= 4 is 11.6 Å². The van der Waals surface area contributed by atoms with Gasteiger partial charge in [0.25, 0.3) is 5.91 Å². The number of hydrogen-bond acceptors (Lipinski definition) is 2. The second-order valence-electron chi connectivity index (χ2n) is 5.22. The van der Waals surface area contributed by atoms with Gasteiger partial charge < -0.3 is 10.1 Å². The van der Waals surface area contributed by atoms with Crippen LogP contribution in [0.1, 0.15) is 16.7 Å². The first kappa shape index (κ1) is 15.9. The van der Waals surface area contributed by atoms with Crippen LogP contribution >= 0.6 is 0 Å². The second-order valence-corrected chi connectivity index (χ2v) is 5.22. The van der Waals surface area contributed by atoms with Gasteiger partial charge in [0.1, 0.15) is 17.4 Å².